The molecule has 0 amide bonds. The molecule has 11 rings (SSSR count). The fourth-order valence-corrected chi connectivity index (χ4v) is 8.88. The van der Waals surface area contributed by atoms with Gasteiger partial charge in [0.25, 0.3) is 0 Å². The van der Waals surface area contributed by atoms with Gasteiger partial charge in [0, 0.05) is 42.1 Å². The molecule has 0 unspecified atom stereocenters. The third-order valence-electron chi connectivity index (χ3n) is 10.4. The molecule has 8 aromatic carbocycles. The van der Waals surface area contributed by atoms with Crippen molar-refractivity contribution < 1.29 is 4.42 Å². The number of thiophene rings is 1. The van der Waals surface area contributed by atoms with Crippen molar-refractivity contribution in [2.24, 2.45) is 0 Å². The third-order valence-corrected chi connectivity index (χ3v) is 11.5. The SMILES string of the molecule is c1ccc(-c2nc(-c3cccc4c3oc3ccccc34)nc(-c3cccc4sc5ccc(-c6ccc(-c7cccc8ccccc78)cc6)cc5c34)n2)cc1. The second-order valence-corrected chi connectivity index (χ2v) is 14.6. The highest BCUT2D eigenvalue weighted by Gasteiger charge is 2.20. The van der Waals surface area contributed by atoms with Gasteiger partial charge in [0.05, 0.1) is 5.56 Å². The summed E-state index contributed by atoms with van der Waals surface area (Å²) in [4.78, 5) is 15.4. The fraction of sp³-hybridized carbons (Fsp3) is 0. The molecular weight excluding hydrogens is 679 g/mol. The van der Waals surface area contributed by atoms with Gasteiger partial charge < -0.3 is 4.42 Å². The summed E-state index contributed by atoms with van der Waals surface area (Å²) in [5.74, 6) is 1.82. The molecule has 0 spiro atoms. The number of benzene rings is 8. The lowest BCUT2D eigenvalue weighted by atomic mass is 9.95. The summed E-state index contributed by atoms with van der Waals surface area (Å²) in [7, 11) is 0. The predicted octanol–water partition coefficient (Wildman–Crippen LogP) is 13.6. The fourth-order valence-electron chi connectivity index (χ4n) is 7.77. The van der Waals surface area contributed by atoms with Crippen molar-refractivity contribution in [1.82, 2.24) is 15.0 Å². The summed E-state index contributed by atoms with van der Waals surface area (Å²) < 4.78 is 8.86. The summed E-state index contributed by atoms with van der Waals surface area (Å²) in [5, 5.41) is 6.94. The van der Waals surface area contributed by atoms with E-state index >= 15 is 0 Å². The van der Waals surface area contributed by atoms with Crippen LogP contribution in [0.1, 0.15) is 0 Å². The second kappa shape index (κ2) is 12.3. The van der Waals surface area contributed by atoms with E-state index in [9.17, 15) is 0 Å². The summed E-state index contributed by atoms with van der Waals surface area (Å²) in [6.45, 7) is 0. The van der Waals surface area contributed by atoms with Crippen molar-refractivity contribution in [3.05, 3.63) is 176 Å². The van der Waals surface area contributed by atoms with Crippen molar-refractivity contribution in [2.45, 2.75) is 0 Å². The average molecular weight is 708 g/mol. The maximum absolute atomic E-state index is 6.45. The molecule has 0 aliphatic carbocycles. The molecule has 5 heteroatoms. The topological polar surface area (TPSA) is 51.8 Å². The van der Waals surface area contributed by atoms with E-state index in [4.69, 9.17) is 19.4 Å². The van der Waals surface area contributed by atoms with Crippen LogP contribution in [0.4, 0.5) is 0 Å². The number of fused-ring (bicyclic) bond motifs is 7. The number of furan rings is 1. The summed E-state index contributed by atoms with van der Waals surface area (Å²) in [5.41, 5.74) is 9.13. The van der Waals surface area contributed by atoms with Crippen molar-refractivity contribution >= 4 is 64.2 Å². The number of rotatable bonds is 5. The first-order valence-corrected chi connectivity index (χ1v) is 18.8. The highest BCUT2D eigenvalue weighted by molar-refractivity contribution is 7.26. The van der Waals surface area contributed by atoms with Crippen LogP contribution in [0.3, 0.4) is 0 Å². The van der Waals surface area contributed by atoms with Crippen LogP contribution in [0.5, 0.6) is 0 Å². The van der Waals surface area contributed by atoms with Gasteiger partial charge in [-0.2, -0.15) is 0 Å². The van der Waals surface area contributed by atoms with Crippen LogP contribution in [0.2, 0.25) is 0 Å². The van der Waals surface area contributed by atoms with Gasteiger partial charge in [-0.3, -0.25) is 0 Å². The Morgan fingerprint density at radius 3 is 1.89 bits per heavy atom. The smallest absolute Gasteiger partial charge is 0.167 e. The van der Waals surface area contributed by atoms with E-state index < -0.39 is 0 Å². The van der Waals surface area contributed by atoms with Crippen LogP contribution in [-0.2, 0) is 0 Å². The van der Waals surface area contributed by atoms with Gasteiger partial charge in [-0.1, -0.05) is 146 Å². The Bertz CT molecular complexity index is 3210. The number of nitrogens with zero attached hydrogens (tertiary/aromatic N) is 3. The lowest BCUT2D eigenvalue weighted by Gasteiger charge is -2.10. The van der Waals surface area contributed by atoms with Crippen LogP contribution >= 0.6 is 11.3 Å². The lowest BCUT2D eigenvalue weighted by molar-refractivity contribution is 0.669. The van der Waals surface area contributed by atoms with Gasteiger partial charge in [0.2, 0.25) is 0 Å². The van der Waals surface area contributed by atoms with Crippen LogP contribution in [-0.4, -0.2) is 15.0 Å². The zero-order chi connectivity index (χ0) is 35.6. The maximum Gasteiger partial charge on any atom is 0.167 e. The number of aromatic nitrogens is 3. The molecule has 3 heterocycles. The Hall–Kier alpha value is -6.95. The van der Waals surface area contributed by atoms with E-state index in [1.807, 2.05) is 54.6 Å². The molecule has 54 heavy (non-hydrogen) atoms. The third kappa shape index (κ3) is 5.01. The molecule has 0 aliphatic heterocycles. The normalized spacial score (nSPS) is 11.7. The molecule has 0 aliphatic rings. The van der Waals surface area contributed by atoms with Gasteiger partial charge in [-0.05, 0) is 63.4 Å². The summed E-state index contributed by atoms with van der Waals surface area (Å²) in [6.07, 6.45) is 0. The van der Waals surface area contributed by atoms with Crippen molar-refractivity contribution in [1.29, 1.82) is 0 Å². The molecule has 0 radical (unpaired) electrons. The predicted molar refractivity (Wildman–Crippen MR) is 225 cm³/mol. The molecular formula is C49H29N3OS. The largest absolute Gasteiger partial charge is 0.455 e. The molecule has 11 aromatic rings. The van der Waals surface area contributed by atoms with Crippen LogP contribution in [0, 0.1) is 0 Å². The van der Waals surface area contributed by atoms with Crippen molar-refractivity contribution in [3.63, 3.8) is 0 Å². The van der Waals surface area contributed by atoms with Gasteiger partial charge in [0.15, 0.2) is 17.5 Å². The van der Waals surface area contributed by atoms with Crippen LogP contribution in [0.15, 0.2) is 180 Å². The quantitative estimate of drug-likeness (QED) is 0.179. The first-order valence-electron chi connectivity index (χ1n) is 18.0. The van der Waals surface area contributed by atoms with Crippen LogP contribution < -0.4 is 0 Å². The van der Waals surface area contributed by atoms with Gasteiger partial charge in [-0.15, -0.1) is 11.3 Å². The standard InChI is InChI=1S/C49H29N3OS/c1-2-12-33(13-3-1)47-50-48(52-49(51-47)40-20-9-18-38-37-16-6-7-21-42(37)53-46(38)40)39-19-10-22-44-45(39)41-29-34(27-28-43(41)54-44)30-23-25-32(26-24-30)36-17-8-14-31-11-4-5-15-35(31)36/h1-29H. The Morgan fingerprint density at radius 1 is 0.370 bits per heavy atom. The van der Waals surface area contributed by atoms with E-state index in [-0.39, 0.29) is 0 Å². The molecule has 3 aromatic heterocycles. The molecule has 0 N–H and O–H groups in total. The lowest BCUT2D eigenvalue weighted by Crippen LogP contribution is -2.00. The van der Waals surface area contributed by atoms with Crippen molar-refractivity contribution in [2.75, 3.05) is 0 Å². The number of hydrogen-bond donors (Lipinski definition) is 0. The molecule has 0 fully saturated rings. The van der Waals surface area contributed by atoms with E-state index in [0.717, 1.165) is 44.0 Å². The summed E-state index contributed by atoms with van der Waals surface area (Å²) in [6, 6.07) is 61.7. The second-order valence-electron chi connectivity index (χ2n) is 13.5. The zero-order valence-electron chi connectivity index (χ0n) is 28.9. The van der Waals surface area contributed by atoms with E-state index in [1.54, 1.807) is 11.3 Å². The van der Waals surface area contributed by atoms with Gasteiger partial charge in [-0.25, -0.2) is 15.0 Å². The maximum atomic E-state index is 6.45. The highest BCUT2D eigenvalue weighted by Crippen LogP contribution is 2.42. The first kappa shape index (κ1) is 30.7. The molecule has 4 nitrogen and oxygen atoms in total. The number of para-hydroxylation sites is 2. The van der Waals surface area contributed by atoms with E-state index in [0.29, 0.717) is 17.5 Å². The molecule has 0 saturated carbocycles. The monoisotopic (exact) mass is 707 g/mol. The first-order chi connectivity index (χ1) is 26.7. The molecule has 0 bridgehead atoms. The molecule has 0 saturated heterocycles. The molecule has 252 valence electrons. The number of hydrogen-bond acceptors (Lipinski definition) is 5. The minimum absolute atomic E-state index is 0.576. The Labute approximate surface area is 314 Å². The highest BCUT2D eigenvalue weighted by atomic mass is 32.1. The average Bonchev–Trinajstić information content (AvgIpc) is 3.82. The van der Waals surface area contributed by atoms with Gasteiger partial charge in [0.1, 0.15) is 11.2 Å². The molecule has 0 atom stereocenters. The Kier molecular flexibility index (Phi) is 7.00. The summed E-state index contributed by atoms with van der Waals surface area (Å²) >= 11 is 1.79. The Morgan fingerprint density at radius 2 is 1.00 bits per heavy atom. The van der Waals surface area contributed by atoms with Crippen molar-refractivity contribution in [3.8, 4) is 56.4 Å². The Balaban J connectivity index is 1.07. The van der Waals surface area contributed by atoms with Gasteiger partial charge >= 0.3 is 0 Å². The zero-order valence-corrected chi connectivity index (χ0v) is 29.7. The van der Waals surface area contributed by atoms with E-state index in [1.165, 1.54) is 47.8 Å². The van der Waals surface area contributed by atoms with E-state index in [2.05, 4.69) is 121 Å². The van der Waals surface area contributed by atoms with Crippen LogP contribution in [0.25, 0.3) is 109 Å². The minimum atomic E-state index is 0.576. The minimum Gasteiger partial charge on any atom is -0.455 e.